The van der Waals surface area contributed by atoms with E-state index in [0.29, 0.717) is 38.4 Å². The number of aromatic nitrogens is 4. The standard InChI is InChI=1S/C20H17Cl2N7/c21-15-11(8-23)3-4-13-14(10-26-16(13)15)17-18(22)29-7-6-25-20(29)19(28-17)27-12-2-1-5-24-9-12/h3-4,6-7,10,12,24,26H,1-2,5,9H2,(H,27,28)/t12-/m0/s1. The third-order valence-electron chi connectivity index (χ3n) is 5.29. The molecule has 1 aromatic carbocycles. The van der Waals surface area contributed by atoms with Gasteiger partial charge in [-0.05, 0) is 25.5 Å². The zero-order valence-electron chi connectivity index (χ0n) is 15.3. The third kappa shape index (κ3) is 3.01. The molecule has 29 heavy (non-hydrogen) atoms. The highest BCUT2D eigenvalue weighted by Gasteiger charge is 2.21. The molecule has 1 aliphatic rings. The van der Waals surface area contributed by atoms with Gasteiger partial charge in [-0.2, -0.15) is 5.26 Å². The fourth-order valence-corrected chi connectivity index (χ4v) is 4.38. The summed E-state index contributed by atoms with van der Waals surface area (Å²) in [6.07, 6.45) is 7.54. The maximum absolute atomic E-state index is 9.23. The molecule has 1 atom stereocenters. The summed E-state index contributed by atoms with van der Waals surface area (Å²) in [4.78, 5) is 12.4. The van der Waals surface area contributed by atoms with Crippen molar-refractivity contribution in [1.29, 1.82) is 5.26 Å². The minimum absolute atomic E-state index is 0.279. The first kappa shape index (κ1) is 18.3. The molecule has 0 bridgehead atoms. The van der Waals surface area contributed by atoms with Crippen LogP contribution in [0.1, 0.15) is 18.4 Å². The maximum atomic E-state index is 9.23. The molecule has 9 heteroatoms. The summed E-state index contributed by atoms with van der Waals surface area (Å²) in [5, 5.41) is 17.9. The Morgan fingerprint density at radius 1 is 1.31 bits per heavy atom. The van der Waals surface area contributed by atoms with Crippen LogP contribution in [-0.2, 0) is 0 Å². The van der Waals surface area contributed by atoms with Crippen molar-refractivity contribution >= 4 is 45.6 Å². The van der Waals surface area contributed by atoms with Gasteiger partial charge in [-0.3, -0.25) is 4.40 Å². The van der Waals surface area contributed by atoms with Crippen molar-refractivity contribution in [2.45, 2.75) is 18.9 Å². The molecule has 1 fully saturated rings. The summed E-state index contributed by atoms with van der Waals surface area (Å²) in [5.41, 5.74) is 3.24. The number of hydrogen-bond acceptors (Lipinski definition) is 5. The fraction of sp³-hybridized carbons (Fsp3) is 0.250. The van der Waals surface area contributed by atoms with Crippen molar-refractivity contribution < 1.29 is 0 Å². The van der Waals surface area contributed by atoms with Gasteiger partial charge in [-0.25, -0.2) is 9.97 Å². The Hall–Kier alpha value is -2.79. The number of nitrogens with one attached hydrogen (secondary N) is 3. The highest BCUT2D eigenvalue weighted by molar-refractivity contribution is 6.37. The molecule has 146 valence electrons. The highest BCUT2D eigenvalue weighted by Crippen LogP contribution is 2.37. The molecule has 5 rings (SSSR count). The van der Waals surface area contributed by atoms with E-state index in [1.54, 1.807) is 12.3 Å². The lowest BCUT2D eigenvalue weighted by molar-refractivity contribution is 0.479. The summed E-state index contributed by atoms with van der Waals surface area (Å²) in [6, 6.07) is 5.95. The van der Waals surface area contributed by atoms with E-state index in [0.717, 1.165) is 36.9 Å². The lowest BCUT2D eigenvalue weighted by Crippen LogP contribution is -2.38. The van der Waals surface area contributed by atoms with Crippen molar-refractivity contribution in [3.05, 3.63) is 46.5 Å². The molecule has 3 N–H and O–H groups in total. The number of H-pyrrole nitrogens is 1. The van der Waals surface area contributed by atoms with Gasteiger partial charge >= 0.3 is 0 Å². The monoisotopic (exact) mass is 425 g/mol. The molecule has 0 amide bonds. The van der Waals surface area contributed by atoms with Crippen LogP contribution in [0.4, 0.5) is 5.82 Å². The average molecular weight is 426 g/mol. The Morgan fingerprint density at radius 3 is 3.00 bits per heavy atom. The SMILES string of the molecule is N#Cc1ccc2c(-c3nc(N[C@H]4CCCNC4)c4nccn4c3Cl)c[nH]c2c1Cl. The van der Waals surface area contributed by atoms with Crippen LogP contribution in [0.15, 0.2) is 30.7 Å². The van der Waals surface area contributed by atoms with Crippen molar-refractivity contribution in [2.24, 2.45) is 0 Å². The molecule has 0 unspecified atom stereocenters. The minimum atomic E-state index is 0.279. The van der Waals surface area contributed by atoms with Gasteiger partial charge < -0.3 is 15.6 Å². The summed E-state index contributed by atoms with van der Waals surface area (Å²) >= 11 is 13.1. The number of hydrogen-bond donors (Lipinski definition) is 3. The van der Waals surface area contributed by atoms with Crippen molar-refractivity contribution in [1.82, 2.24) is 24.7 Å². The number of rotatable bonds is 3. The van der Waals surface area contributed by atoms with Gasteiger partial charge in [0.05, 0.1) is 16.1 Å². The van der Waals surface area contributed by atoms with Crippen LogP contribution in [0.2, 0.25) is 10.2 Å². The summed E-state index contributed by atoms with van der Waals surface area (Å²) < 4.78 is 1.83. The Bertz CT molecular complexity index is 1260. The molecular formula is C20H17Cl2N7. The molecule has 0 radical (unpaired) electrons. The van der Waals surface area contributed by atoms with Crippen LogP contribution in [0, 0.1) is 11.3 Å². The van der Waals surface area contributed by atoms with Crippen LogP contribution in [-0.4, -0.2) is 38.5 Å². The molecule has 0 aliphatic carbocycles. The molecule has 4 aromatic rings. The topological polar surface area (TPSA) is 93.8 Å². The van der Waals surface area contributed by atoms with Gasteiger partial charge in [0, 0.05) is 42.1 Å². The molecule has 4 heterocycles. The van der Waals surface area contributed by atoms with Gasteiger partial charge in [-0.15, -0.1) is 0 Å². The molecule has 1 saturated heterocycles. The van der Waals surface area contributed by atoms with Crippen molar-refractivity contribution in [3.8, 4) is 17.3 Å². The number of imidazole rings is 1. The van der Waals surface area contributed by atoms with E-state index >= 15 is 0 Å². The van der Waals surface area contributed by atoms with Crippen LogP contribution < -0.4 is 10.6 Å². The zero-order valence-corrected chi connectivity index (χ0v) is 16.8. The first-order chi connectivity index (χ1) is 14.2. The third-order valence-corrected chi connectivity index (χ3v) is 6.04. The number of halogens is 2. The molecule has 0 saturated carbocycles. The summed E-state index contributed by atoms with van der Waals surface area (Å²) in [5.74, 6) is 0.692. The van der Waals surface area contributed by atoms with Gasteiger partial charge in [0.2, 0.25) is 0 Å². The van der Waals surface area contributed by atoms with Crippen LogP contribution in [0.25, 0.3) is 27.8 Å². The Balaban J connectivity index is 1.67. The van der Waals surface area contributed by atoms with E-state index in [1.165, 1.54) is 0 Å². The first-order valence-corrected chi connectivity index (χ1v) is 10.1. The molecule has 0 spiro atoms. The van der Waals surface area contributed by atoms with E-state index in [4.69, 9.17) is 28.2 Å². The van der Waals surface area contributed by atoms with Crippen LogP contribution in [0.5, 0.6) is 0 Å². The number of nitrogens with zero attached hydrogens (tertiary/aromatic N) is 4. The van der Waals surface area contributed by atoms with Crippen LogP contribution >= 0.6 is 23.2 Å². The number of anilines is 1. The quantitative estimate of drug-likeness (QED) is 0.456. The van der Waals surface area contributed by atoms with Crippen LogP contribution in [0.3, 0.4) is 0 Å². The second-order valence-electron chi connectivity index (χ2n) is 7.07. The van der Waals surface area contributed by atoms with E-state index in [2.05, 4.69) is 26.7 Å². The maximum Gasteiger partial charge on any atom is 0.181 e. The van der Waals surface area contributed by atoms with E-state index in [-0.39, 0.29) is 6.04 Å². The Labute approximate surface area is 176 Å². The second kappa shape index (κ2) is 7.23. The number of piperidine rings is 1. The number of nitriles is 1. The van der Waals surface area contributed by atoms with Gasteiger partial charge in [0.15, 0.2) is 11.5 Å². The smallest absolute Gasteiger partial charge is 0.181 e. The lowest BCUT2D eigenvalue weighted by Gasteiger charge is -2.24. The predicted molar refractivity (Wildman–Crippen MR) is 115 cm³/mol. The van der Waals surface area contributed by atoms with Gasteiger partial charge in [-0.1, -0.05) is 29.3 Å². The van der Waals surface area contributed by atoms with Gasteiger partial charge in [0.1, 0.15) is 16.9 Å². The number of fused-ring (bicyclic) bond motifs is 2. The minimum Gasteiger partial charge on any atom is -0.363 e. The van der Waals surface area contributed by atoms with Gasteiger partial charge in [0.25, 0.3) is 0 Å². The summed E-state index contributed by atoms with van der Waals surface area (Å²) in [6.45, 7) is 1.92. The largest absolute Gasteiger partial charge is 0.363 e. The zero-order chi connectivity index (χ0) is 20.0. The molecule has 3 aromatic heterocycles. The first-order valence-electron chi connectivity index (χ1n) is 9.37. The fourth-order valence-electron chi connectivity index (χ4n) is 3.84. The highest BCUT2D eigenvalue weighted by atomic mass is 35.5. The lowest BCUT2D eigenvalue weighted by atomic mass is 10.1. The van der Waals surface area contributed by atoms with Crippen molar-refractivity contribution in [3.63, 3.8) is 0 Å². The second-order valence-corrected chi connectivity index (χ2v) is 7.81. The predicted octanol–water partition coefficient (Wildman–Crippen LogP) is 4.22. The molecule has 1 aliphatic heterocycles. The molecular weight excluding hydrogens is 409 g/mol. The number of benzene rings is 1. The van der Waals surface area contributed by atoms with E-state index < -0.39 is 0 Å². The normalized spacial score (nSPS) is 16.9. The summed E-state index contributed by atoms with van der Waals surface area (Å²) in [7, 11) is 0. The Kier molecular flexibility index (Phi) is 4.55. The molecule has 7 nitrogen and oxygen atoms in total. The Morgan fingerprint density at radius 2 is 2.21 bits per heavy atom. The number of aromatic amines is 1. The van der Waals surface area contributed by atoms with E-state index in [1.807, 2.05) is 22.9 Å². The average Bonchev–Trinajstić information content (AvgIpc) is 3.39. The van der Waals surface area contributed by atoms with Crippen molar-refractivity contribution in [2.75, 3.05) is 18.4 Å². The van der Waals surface area contributed by atoms with E-state index in [9.17, 15) is 5.26 Å².